The summed E-state index contributed by atoms with van der Waals surface area (Å²) in [7, 11) is 6.41. The van der Waals surface area contributed by atoms with Gasteiger partial charge in [0, 0.05) is 7.11 Å². The second-order valence-corrected chi connectivity index (χ2v) is 8.17. The second-order valence-electron chi connectivity index (χ2n) is 7.09. The number of phenolic OH excluding ortho intramolecular Hbond substituents is 1. The van der Waals surface area contributed by atoms with Crippen molar-refractivity contribution in [1.29, 1.82) is 0 Å². The molecule has 0 radical (unpaired) electrons. The maximum atomic E-state index is 11.2. The van der Waals surface area contributed by atoms with E-state index in [0.29, 0.717) is 34.4 Å². The molecule has 0 aliphatic heterocycles. The Bertz CT molecular complexity index is 1080. The minimum absolute atomic E-state index is 0.0841. The van der Waals surface area contributed by atoms with Crippen molar-refractivity contribution in [2.45, 2.75) is 19.8 Å². The van der Waals surface area contributed by atoms with Crippen LogP contribution in [-0.4, -0.2) is 40.3 Å². The summed E-state index contributed by atoms with van der Waals surface area (Å²) in [6.07, 6.45) is 1.35. The van der Waals surface area contributed by atoms with E-state index < -0.39 is 0 Å². The molecule has 0 heterocycles. The van der Waals surface area contributed by atoms with Crippen LogP contribution in [0.15, 0.2) is 30.3 Å². The van der Waals surface area contributed by atoms with E-state index in [9.17, 15) is 5.11 Å². The highest BCUT2D eigenvalue weighted by Crippen LogP contribution is 2.46. The first kappa shape index (κ1) is 23.3. The van der Waals surface area contributed by atoms with E-state index in [1.165, 1.54) is 5.56 Å². The SMILES string of the molecule is COCOc1ccc(OC)c2c(O)c(CCc3cc(C)cc(OC)c3I)cc(OC)c12. The molecule has 0 aromatic heterocycles. The normalized spacial score (nSPS) is 10.9. The third-order valence-corrected chi connectivity index (χ3v) is 6.36. The Hall–Kier alpha value is -2.39. The van der Waals surface area contributed by atoms with Crippen LogP contribution in [0.25, 0.3) is 10.8 Å². The number of halogens is 1. The summed E-state index contributed by atoms with van der Waals surface area (Å²) in [5.74, 6) is 2.71. The molecule has 0 aliphatic rings. The van der Waals surface area contributed by atoms with Gasteiger partial charge in [-0.2, -0.15) is 0 Å². The van der Waals surface area contributed by atoms with Crippen LogP contribution >= 0.6 is 22.6 Å². The summed E-state index contributed by atoms with van der Waals surface area (Å²) < 4.78 is 28.5. The van der Waals surface area contributed by atoms with Crippen molar-refractivity contribution in [3.63, 3.8) is 0 Å². The lowest BCUT2D eigenvalue weighted by Crippen LogP contribution is -2.02. The predicted molar refractivity (Wildman–Crippen MR) is 129 cm³/mol. The van der Waals surface area contributed by atoms with Crippen LogP contribution in [0, 0.1) is 10.5 Å². The van der Waals surface area contributed by atoms with Crippen molar-refractivity contribution in [2.24, 2.45) is 0 Å². The Labute approximate surface area is 196 Å². The van der Waals surface area contributed by atoms with E-state index >= 15 is 0 Å². The molecule has 166 valence electrons. The lowest BCUT2D eigenvalue weighted by Gasteiger charge is -2.18. The van der Waals surface area contributed by atoms with E-state index in [4.69, 9.17) is 23.7 Å². The van der Waals surface area contributed by atoms with Gasteiger partial charge in [0.2, 0.25) is 0 Å². The molecular weight excluding hydrogens is 511 g/mol. The number of hydrogen-bond donors (Lipinski definition) is 1. The highest BCUT2D eigenvalue weighted by atomic mass is 127. The third-order valence-electron chi connectivity index (χ3n) is 5.14. The quantitative estimate of drug-likeness (QED) is 0.297. The van der Waals surface area contributed by atoms with Gasteiger partial charge in [-0.3, -0.25) is 0 Å². The van der Waals surface area contributed by atoms with E-state index in [0.717, 1.165) is 26.9 Å². The topological polar surface area (TPSA) is 66.4 Å². The van der Waals surface area contributed by atoms with Gasteiger partial charge in [0.1, 0.15) is 28.7 Å². The van der Waals surface area contributed by atoms with E-state index in [1.54, 1.807) is 40.6 Å². The fourth-order valence-corrected chi connectivity index (χ4v) is 4.48. The Morgan fingerprint density at radius 2 is 1.42 bits per heavy atom. The molecule has 0 atom stereocenters. The lowest BCUT2D eigenvalue weighted by molar-refractivity contribution is 0.0521. The van der Waals surface area contributed by atoms with Crippen molar-refractivity contribution in [3.05, 3.63) is 50.6 Å². The first-order valence-electron chi connectivity index (χ1n) is 9.79. The summed E-state index contributed by atoms with van der Waals surface area (Å²) in [4.78, 5) is 0. The van der Waals surface area contributed by atoms with Gasteiger partial charge in [0.25, 0.3) is 0 Å². The number of hydrogen-bond acceptors (Lipinski definition) is 6. The summed E-state index contributed by atoms with van der Waals surface area (Å²) in [5.41, 5.74) is 3.07. The van der Waals surface area contributed by atoms with Crippen LogP contribution in [0.5, 0.6) is 28.7 Å². The van der Waals surface area contributed by atoms with Gasteiger partial charge in [-0.25, -0.2) is 0 Å². The largest absolute Gasteiger partial charge is 0.507 e. The molecule has 31 heavy (non-hydrogen) atoms. The Morgan fingerprint density at radius 1 is 0.774 bits per heavy atom. The van der Waals surface area contributed by atoms with Gasteiger partial charge < -0.3 is 28.8 Å². The molecule has 0 aliphatic carbocycles. The summed E-state index contributed by atoms with van der Waals surface area (Å²) in [6, 6.07) is 9.58. The molecular formula is C24H27IO6. The minimum atomic E-state index is 0.0841. The number of rotatable bonds is 9. The van der Waals surface area contributed by atoms with Crippen molar-refractivity contribution in [3.8, 4) is 28.7 Å². The molecule has 0 amide bonds. The van der Waals surface area contributed by atoms with Gasteiger partial charge in [0.05, 0.1) is 35.7 Å². The van der Waals surface area contributed by atoms with Gasteiger partial charge >= 0.3 is 0 Å². The lowest BCUT2D eigenvalue weighted by atomic mass is 9.97. The Kier molecular flexibility index (Phi) is 7.72. The van der Waals surface area contributed by atoms with Crippen molar-refractivity contribution in [1.82, 2.24) is 0 Å². The zero-order valence-corrected chi connectivity index (χ0v) is 20.5. The van der Waals surface area contributed by atoms with Crippen LogP contribution in [-0.2, 0) is 17.6 Å². The number of benzene rings is 3. The van der Waals surface area contributed by atoms with Crippen LogP contribution in [0.1, 0.15) is 16.7 Å². The minimum Gasteiger partial charge on any atom is -0.507 e. The molecule has 0 saturated heterocycles. The molecule has 3 aromatic carbocycles. The maximum absolute atomic E-state index is 11.2. The van der Waals surface area contributed by atoms with Crippen molar-refractivity contribution in [2.75, 3.05) is 35.2 Å². The van der Waals surface area contributed by atoms with E-state index in [1.807, 2.05) is 19.1 Å². The number of methoxy groups -OCH3 is 4. The first-order valence-corrected chi connectivity index (χ1v) is 10.9. The van der Waals surface area contributed by atoms with Crippen molar-refractivity contribution >= 4 is 33.4 Å². The van der Waals surface area contributed by atoms with Crippen LogP contribution < -0.4 is 18.9 Å². The van der Waals surface area contributed by atoms with Gasteiger partial charge in [-0.1, -0.05) is 6.07 Å². The third kappa shape index (κ3) is 4.77. The number of aryl methyl sites for hydroxylation is 3. The average molecular weight is 538 g/mol. The monoisotopic (exact) mass is 538 g/mol. The highest BCUT2D eigenvalue weighted by Gasteiger charge is 2.20. The molecule has 7 heteroatoms. The summed E-state index contributed by atoms with van der Waals surface area (Å²) in [5, 5.41) is 12.4. The zero-order chi connectivity index (χ0) is 22.5. The fourth-order valence-electron chi connectivity index (χ4n) is 3.68. The highest BCUT2D eigenvalue weighted by molar-refractivity contribution is 14.1. The van der Waals surface area contributed by atoms with Crippen molar-refractivity contribution < 1.29 is 28.8 Å². The van der Waals surface area contributed by atoms with Crippen LogP contribution in [0.3, 0.4) is 0 Å². The maximum Gasteiger partial charge on any atom is 0.188 e. The van der Waals surface area contributed by atoms with Gasteiger partial charge in [-0.05, 0) is 83.3 Å². The Balaban J connectivity index is 2.08. The predicted octanol–water partition coefficient (Wildman–Crippen LogP) is 5.25. The smallest absolute Gasteiger partial charge is 0.188 e. The van der Waals surface area contributed by atoms with Gasteiger partial charge in [-0.15, -0.1) is 0 Å². The molecule has 0 bridgehead atoms. The second kappa shape index (κ2) is 10.3. The number of ether oxygens (including phenoxy) is 5. The van der Waals surface area contributed by atoms with Crippen LogP contribution in [0.2, 0.25) is 0 Å². The number of fused-ring (bicyclic) bond motifs is 1. The Morgan fingerprint density at radius 3 is 2.06 bits per heavy atom. The molecule has 6 nitrogen and oxygen atoms in total. The van der Waals surface area contributed by atoms with Crippen LogP contribution in [0.4, 0.5) is 0 Å². The average Bonchev–Trinajstić information content (AvgIpc) is 2.78. The summed E-state index contributed by atoms with van der Waals surface area (Å²) in [6.45, 7) is 2.13. The molecule has 3 aromatic rings. The number of aromatic hydroxyl groups is 1. The molecule has 1 N–H and O–H groups in total. The molecule has 0 spiro atoms. The van der Waals surface area contributed by atoms with E-state index in [-0.39, 0.29) is 12.5 Å². The molecule has 3 rings (SSSR count). The first-order chi connectivity index (χ1) is 14.9. The fraction of sp³-hybridized carbons (Fsp3) is 0.333. The van der Waals surface area contributed by atoms with E-state index in [2.05, 4.69) is 28.7 Å². The molecule has 0 saturated carbocycles. The van der Waals surface area contributed by atoms with Gasteiger partial charge in [0.15, 0.2) is 6.79 Å². The summed E-state index contributed by atoms with van der Waals surface area (Å²) >= 11 is 2.31. The molecule has 0 unspecified atom stereocenters. The zero-order valence-electron chi connectivity index (χ0n) is 18.4. The number of phenols is 1. The molecule has 0 fully saturated rings. The standard InChI is InChI=1S/C24H27IO6/c1-14-10-15(23(25)20(11-14)30-5)6-7-16-12-19(29-4)21-18(31-13-27-2)9-8-17(28-3)22(21)24(16)26/h8-12,26H,6-7,13H2,1-5H3.